The average Bonchev–Trinajstić information content (AvgIpc) is 3.34. The van der Waals surface area contributed by atoms with E-state index in [4.69, 9.17) is 4.74 Å². The number of anilines is 1. The van der Waals surface area contributed by atoms with Crippen LogP contribution in [0.15, 0.2) is 55.1 Å². The van der Waals surface area contributed by atoms with Crippen LogP contribution in [0.3, 0.4) is 0 Å². The van der Waals surface area contributed by atoms with E-state index < -0.39 is 0 Å². The second kappa shape index (κ2) is 6.80. The zero-order valence-electron chi connectivity index (χ0n) is 13.3. The van der Waals surface area contributed by atoms with Gasteiger partial charge in [-0.05, 0) is 24.1 Å². The molecule has 0 saturated carbocycles. The summed E-state index contributed by atoms with van der Waals surface area (Å²) in [6.45, 7) is 2.24. The molecule has 122 valence electrons. The third kappa shape index (κ3) is 3.14. The first-order valence-electron chi connectivity index (χ1n) is 8.11. The minimum absolute atomic E-state index is 0.380. The Morgan fingerprint density at radius 2 is 2.17 bits per heavy atom. The second-order valence-electron chi connectivity index (χ2n) is 5.82. The molecule has 1 N–H and O–H groups in total. The summed E-state index contributed by atoms with van der Waals surface area (Å²) in [4.78, 5) is 8.72. The number of aromatic nitrogens is 4. The van der Waals surface area contributed by atoms with Crippen molar-refractivity contribution >= 4 is 5.82 Å². The van der Waals surface area contributed by atoms with Crippen molar-refractivity contribution in [3.63, 3.8) is 0 Å². The van der Waals surface area contributed by atoms with Crippen LogP contribution in [-0.2, 0) is 11.3 Å². The monoisotopic (exact) mass is 321 g/mol. The highest BCUT2D eigenvalue weighted by molar-refractivity contribution is 5.44. The van der Waals surface area contributed by atoms with Crippen LogP contribution in [0.25, 0.3) is 5.69 Å². The van der Waals surface area contributed by atoms with E-state index in [0.717, 1.165) is 42.4 Å². The van der Waals surface area contributed by atoms with E-state index in [9.17, 15) is 0 Å². The van der Waals surface area contributed by atoms with Gasteiger partial charge in [0.25, 0.3) is 0 Å². The second-order valence-corrected chi connectivity index (χ2v) is 5.82. The van der Waals surface area contributed by atoms with E-state index in [1.807, 2.05) is 35.1 Å². The molecular weight excluding hydrogens is 302 g/mol. The predicted octanol–water partition coefficient (Wildman–Crippen LogP) is 2.78. The topological polar surface area (TPSA) is 64.9 Å². The Balaban J connectivity index is 1.51. The fourth-order valence-electron chi connectivity index (χ4n) is 2.94. The first-order valence-corrected chi connectivity index (χ1v) is 8.11. The van der Waals surface area contributed by atoms with E-state index in [0.29, 0.717) is 12.5 Å². The number of hydrogen-bond donors (Lipinski definition) is 1. The van der Waals surface area contributed by atoms with Crippen molar-refractivity contribution < 1.29 is 4.74 Å². The maximum absolute atomic E-state index is 5.45. The lowest BCUT2D eigenvalue weighted by molar-refractivity contribution is 0.193. The molecule has 3 heterocycles. The van der Waals surface area contributed by atoms with Crippen LogP contribution < -0.4 is 5.32 Å². The number of ether oxygens (including phenoxy) is 1. The van der Waals surface area contributed by atoms with Gasteiger partial charge in [0.1, 0.15) is 12.1 Å². The Hall–Kier alpha value is -2.73. The minimum atomic E-state index is 0.380. The van der Waals surface area contributed by atoms with E-state index in [1.54, 1.807) is 12.5 Å². The van der Waals surface area contributed by atoms with Crippen LogP contribution in [0.1, 0.15) is 23.6 Å². The first kappa shape index (κ1) is 14.8. The molecule has 1 aliphatic rings. The lowest BCUT2D eigenvalue weighted by Gasteiger charge is -2.12. The summed E-state index contributed by atoms with van der Waals surface area (Å²) in [5, 5.41) is 7.71. The molecule has 0 spiro atoms. The Labute approximate surface area is 140 Å². The predicted molar refractivity (Wildman–Crippen MR) is 91.1 cm³/mol. The standard InChI is InChI=1S/C18H19N5O/c1-2-5-17(23-8-3-7-22-23)14(4-1)11-19-18-10-16(20-13-21-18)15-6-9-24-12-15/h1-5,7-8,10,13,15H,6,9,11-12H2,(H,19,20,21)/t15-/m0/s1. The maximum Gasteiger partial charge on any atom is 0.129 e. The molecule has 1 saturated heterocycles. The third-order valence-electron chi connectivity index (χ3n) is 4.24. The maximum atomic E-state index is 5.45. The van der Waals surface area contributed by atoms with Gasteiger partial charge in [0.2, 0.25) is 0 Å². The van der Waals surface area contributed by atoms with E-state index in [1.165, 1.54) is 0 Å². The molecule has 2 aromatic heterocycles. The van der Waals surface area contributed by atoms with Gasteiger partial charge in [-0.3, -0.25) is 0 Å². The summed E-state index contributed by atoms with van der Waals surface area (Å²) in [6, 6.07) is 12.2. The average molecular weight is 321 g/mol. The van der Waals surface area contributed by atoms with Crippen molar-refractivity contribution in [2.75, 3.05) is 18.5 Å². The Bertz CT molecular complexity index is 797. The number of hydrogen-bond acceptors (Lipinski definition) is 5. The molecule has 1 fully saturated rings. The van der Waals surface area contributed by atoms with Crippen LogP contribution in [0.4, 0.5) is 5.82 Å². The summed E-state index contributed by atoms with van der Waals surface area (Å²) in [5.41, 5.74) is 3.27. The molecule has 3 aromatic rings. The van der Waals surface area contributed by atoms with Crippen LogP contribution in [-0.4, -0.2) is 33.0 Å². The van der Waals surface area contributed by atoms with Gasteiger partial charge < -0.3 is 10.1 Å². The van der Waals surface area contributed by atoms with Gasteiger partial charge >= 0.3 is 0 Å². The lowest BCUT2D eigenvalue weighted by atomic mass is 10.1. The molecular formula is C18H19N5O. The van der Waals surface area contributed by atoms with Gasteiger partial charge in [-0.2, -0.15) is 5.10 Å². The summed E-state index contributed by atoms with van der Waals surface area (Å²) >= 11 is 0. The molecule has 6 heteroatoms. The van der Waals surface area contributed by atoms with Crippen molar-refractivity contribution in [2.24, 2.45) is 0 Å². The molecule has 0 bridgehead atoms. The number of nitrogens with zero attached hydrogens (tertiary/aromatic N) is 4. The number of benzene rings is 1. The zero-order chi connectivity index (χ0) is 16.2. The van der Waals surface area contributed by atoms with E-state index in [-0.39, 0.29) is 0 Å². The Morgan fingerprint density at radius 3 is 3.00 bits per heavy atom. The van der Waals surface area contributed by atoms with Gasteiger partial charge in [0.15, 0.2) is 0 Å². The van der Waals surface area contributed by atoms with Crippen LogP contribution in [0.5, 0.6) is 0 Å². The molecule has 6 nitrogen and oxygen atoms in total. The highest BCUT2D eigenvalue weighted by Gasteiger charge is 2.19. The molecule has 0 radical (unpaired) electrons. The van der Waals surface area contributed by atoms with E-state index in [2.05, 4.69) is 32.5 Å². The zero-order valence-corrected chi connectivity index (χ0v) is 13.3. The summed E-state index contributed by atoms with van der Waals surface area (Å²) in [6.07, 6.45) is 6.38. The van der Waals surface area contributed by atoms with Crippen LogP contribution >= 0.6 is 0 Å². The van der Waals surface area contributed by atoms with Gasteiger partial charge in [-0.15, -0.1) is 0 Å². The first-order chi connectivity index (χ1) is 11.9. The Morgan fingerprint density at radius 1 is 1.21 bits per heavy atom. The minimum Gasteiger partial charge on any atom is -0.381 e. The summed E-state index contributed by atoms with van der Waals surface area (Å²) in [7, 11) is 0. The van der Waals surface area contributed by atoms with Crippen molar-refractivity contribution in [2.45, 2.75) is 18.9 Å². The molecule has 1 aromatic carbocycles. The molecule has 1 aliphatic heterocycles. The molecule has 0 aliphatic carbocycles. The van der Waals surface area contributed by atoms with Crippen molar-refractivity contribution in [3.8, 4) is 5.69 Å². The Kier molecular flexibility index (Phi) is 4.20. The van der Waals surface area contributed by atoms with Crippen LogP contribution in [0, 0.1) is 0 Å². The molecule has 24 heavy (non-hydrogen) atoms. The number of rotatable bonds is 5. The number of nitrogens with one attached hydrogen (secondary N) is 1. The summed E-state index contributed by atoms with van der Waals surface area (Å²) in [5.74, 6) is 1.21. The quantitative estimate of drug-likeness (QED) is 0.783. The fourth-order valence-corrected chi connectivity index (χ4v) is 2.94. The van der Waals surface area contributed by atoms with Gasteiger partial charge in [-0.1, -0.05) is 18.2 Å². The van der Waals surface area contributed by atoms with Crippen molar-refractivity contribution in [1.29, 1.82) is 0 Å². The fraction of sp³-hybridized carbons (Fsp3) is 0.278. The van der Waals surface area contributed by atoms with Gasteiger partial charge in [0.05, 0.1) is 18.0 Å². The van der Waals surface area contributed by atoms with Crippen molar-refractivity contribution in [1.82, 2.24) is 19.7 Å². The number of para-hydroxylation sites is 1. The highest BCUT2D eigenvalue weighted by atomic mass is 16.5. The molecule has 0 amide bonds. The smallest absolute Gasteiger partial charge is 0.129 e. The lowest BCUT2D eigenvalue weighted by Crippen LogP contribution is -2.08. The molecule has 1 atom stereocenters. The third-order valence-corrected chi connectivity index (χ3v) is 4.24. The summed E-state index contributed by atoms with van der Waals surface area (Å²) < 4.78 is 7.32. The van der Waals surface area contributed by atoms with Gasteiger partial charge in [0, 0.05) is 37.5 Å². The normalized spacial score (nSPS) is 17.1. The van der Waals surface area contributed by atoms with Crippen LogP contribution in [0.2, 0.25) is 0 Å². The van der Waals surface area contributed by atoms with Crippen molar-refractivity contribution in [3.05, 3.63) is 66.4 Å². The highest BCUT2D eigenvalue weighted by Crippen LogP contribution is 2.24. The van der Waals surface area contributed by atoms with Gasteiger partial charge in [-0.25, -0.2) is 14.6 Å². The van der Waals surface area contributed by atoms with E-state index >= 15 is 0 Å². The SMILES string of the molecule is c1ccc(-n2cccn2)c(CNc2cc([C@H]3CCOC3)ncn2)c1. The molecule has 4 rings (SSSR count). The molecule has 0 unspecified atom stereocenters. The largest absolute Gasteiger partial charge is 0.381 e.